The summed E-state index contributed by atoms with van der Waals surface area (Å²) in [5, 5.41) is 3.86. The highest BCUT2D eigenvalue weighted by atomic mass is 32.2. The quantitative estimate of drug-likeness (QED) is 0.745. The van der Waals surface area contributed by atoms with Gasteiger partial charge in [-0.25, -0.2) is 0 Å². The predicted molar refractivity (Wildman–Crippen MR) is 91.9 cm³/mol. The van der Waals surface area contributed by atoms with Gasteiger partial charge in [-0.3, -0.25) is 0 Å². The molecule has 0 aliphatic heterocycles. The summed E-state index contributed by atoms with van der Waals surface area (Å²) in [6, 6.07) is 9.53. The Morgan fingerprint density at radius 2 is 1.71 bits per heavy atom. The van der Waals surface area contributed by atoms with Crippen molar-refractivity contribution < 1.29 is 0 Å². The van der Waals surface area contributed by atoms with Gasteiger partial charge in [0.25, 0.3) is 0 Å². The molecule has 4 fully saturated rings. The zero-order valence-electron chi connectivity index (χ0n) is 13.3. The maximum absolute atomic E-state index is 3.86. The first-order chi connectivity index (χ1) is 10.2. The number of hydrogen-bond donors (Lipinski definition) is 1. The monoisotopic (exact) mass is 301 g/mol. The molecule has 1 atom stereocenters. The van der Waals surface area contributed by atoms with Gasteiger partial charge in [0, 0.05) is 16.6 Å². The van der Waals surface area contributed by atoms with E-state index in [1.54, 1.807) is 0 Å². The van der Waals surface area contributed by atoms with E-state index in [2.05, 4.69) is 42.8 Å². The van der Waals surface area contributed by atoms with Crippen LogP contribution in [0.15, 0.2) is 29.2 Å². The summed E-state index contributed by atoms with van der Waals surface area (Å²) in [4.78, 5) is 1.36. The fraction of sp³-hybridized carbons (Fsp3) is 0.684. The molecular formula is C19H27NS. The molecule has 1 unspecified atom stereocenters. The first kappa shape index (κ1) is 14.0. The zero-order valence-corrected chi connectivity index (χ0v) is 14.1. The molecule has 4 bridgehead atoms. The normalized spacial score (nSPS) is 38.5. The molecule has 4 aliphatic carbocycles. The molecule has 0 radical (unpaired) electrons. The topological polar surface area (TPSA) is 12.0 Å². The van der Waals surface area contributed by atoms with Crippen molar-refractivity contribution in [2.24, 2.45) is 23.2 Å². The molecule has 1 N–H and O–H groups in total. The van der Waals surface area contributed by atoms with Crippen molar-refractivity contribution in [1.29, 1.82) is 0 Å². The smallest absolute Gasteiger partial charge is 0.0353 e. The third-order valence-corrected chi connectivity index (χ3v) is 7.18. The first-order valence-corrected chi connectivity index (χ1v) is 9.80. The van der Waals surface area contributed by atoms with Crippen LogP contribution in [0.5, 0.6) is 0 Å². The Morgan fingerprint density at radius 3 is 2.29 bits per heavy atom. The van der Waals surface area contributed by atoms with Gasteiger partial charge in [0.15, 0.2) is 0 Å². The Morgan fingerprint density at radius 1 is 1.10 bits per heavy atom. The number of hydrogen-bond acceptors (Lipinski definition) is 2. The van der Waals surface area contributed by atoms with Crippen LogP contribution in [0.25, 0.3) is 0 Å². The van der Waals surface area contributed by atoms with E-state index in [0.717, 1.165) is 17.8 Å². The van der Waals surface area contributed by atoms with Gasteiger partial charge in [-0.2, -0.15) is 0 Å². The van der Waals surface area contributed by atoms with Gasteiger partial charge < -0.3 is 5.32 Å². The van der Waals surface area contributed by atoms with Gasteiger partial charge in [0.1, 0.15) is 0 Å². The first-order valence-electron chi connectivity index (χ1n) is 8.57. The van der Waals surface area contributed by atoms with Crippen molar-refractivity contribution in [2.45, 2.75) is 56.4 Å². The van der Waals surface area contributed by atoms with Crippen LogP contribution in [-0.4, -0.2) is 12.3 Å². The minimum Gasteiger partial charge on any atom is -0.382 e. The molecule has 1 aromatic carbocycles. The minimum absolute atomic E-state index is 0.587. The molecule has 0 spiro atoms. The Kier molecular flexibility index (Phi) is 3.48. The number of nitrogens with one attached hydrogen (secondary N) is 1. The summed E-state index contributed by atoms with van der Waals surface area (Å²) in [7, 11) is 0. The largest absolute Gasteiger partial charge is 0.382 e. The number of benzene rings is 1. The zero-order chi connectivity index (χ0) is 14.4. The molecule has 1 aromatic rings. The average Bonchev–Trinajstić information content (AvgIpc) is 2.46. The van der Waals surface area contributed by atoms with Gasteiger partial charge >= 0.3 is 0 Å². The molecular weight excluding hydrogens is 274 g/mol. The molecule has 0 saturated heterocycles. The van der Waals surface area contributed by atoms with E-state index in [9.17, 15) is 0 Å². The van der Waals surface area contributed by atoms with E-state index in [0.29, 0.717) is 11.5 Å². The van der Waals surface area contributed by atoms with Crippen molar-refractivity contribution in [1.82, 2.24) is 0 Å². The highest BCUT2D eigenvalue weighted by molar-refractivity contribution is 7.98. The molecule has 5 rings (SSSR count). The lowest BCUT2D eigenvalue weighted by Crippen LogP contribution is -2.52. The van der Waals surface area contributed by atoms with E-state index in [1.807, 2.05) is 11.8 Å². The molecule has 4 aliphatic rings. The maximum atomic E-state index is 3.86. The third-order valence-electron chi connectivity index (χ3n) is 6.46. The lowest BCUT2D eigenvalue weighted by atomic mass is 9.48. The van der Waals surface area contributed by atoms with Crippen LogP contribution in [0.4, 0.5) is 5.69 Å². The highest BCUT2D eigenvalue weighted by Crippen LogP contribution is 2.61. The molecule has 1 nitrogen and oxygen atoms in total. The lowest BCUT2D eigenvalue weighted by molar-refractivity contribution is -0.0602. The second-order valence-corrected chi connectivity index (χ2v) is 8.76. The summed E-state index contributed by atoms with van der Waals surface area (Å²) in [6.07, 6.45) is 11.2. The van der Waals surface area contributed by atoms with Gasteiger partial charge in [-0.05, 0) is 93.1 Å². The van der Waals surface area contributed by atoms with Crippen molar-refractivity contribution in [3.63, 3.8) is 0 Å². The second kappa shape index (κ2) is 5.22. The standard InChI is InChI=1S/C19H27NS/c1-13(20-17-4-3-5-18(9-17)21-2)19-10-14-6-15(11-19)8-16(7-14)12-19/h3-5,9,13-16,20H,6-8,10-12H2,1-2H3. The van der Waals surface area contributed by atoms with Gasteiger partial charge in [-0.1, -0.05) is 6.07 Å². The van der Waals surface area contributed by atoms with Crippen LogP contribution < -0.4 is 5.32 Å². The molecule has 0 aromatic heterocycles. The third kappa shape index (κ3) is 2.50. The summed E-state index contributed by atoms with van der Waals surface area (Å²) in [6.45, 7) is 2.44. The van der Waals surface area contributed by atoms with Crippen LogP contribution >= 0.6 is 11.8 Å². The Labute approximate surface area is 133 Å². The van der Waals surface area contributed by atoms with Crippen LogP contribution in [0.3, 0.4) is 0 Å². The SMILES string of the molecule is CSc1cccc(NC(C)C23CC4CC(CC(C4)C2)C3)c1. The molecule has 4 saturated carbocycles. The summed E-state index contributed by atoms with van der Waals surface area (Å²) < 4.78 is 0. The van der Waals surface area contributed by atoms with Crippen LogP contribution in [-0.2, 0) is 0 Å². The molecule has 0 heterocycles. The number of rotatable bonds is 4. The maximum Gasteiger partial charge on any atom is 0.0353 e. The van der Waals surface area contributed by atoms with Crippen molar-refractivity contribution >= 4 is 17.4 Å². The molecule has 0 amide bonds. The van der Waals surface area contributed by atoms with E-state index in [4.69, 9.17) is 0 Å². The van der Waals surface area contributed by atoms with Crippen LogP contribution in [0.1, 0.15) is 45.4 Å². The molecule has 2 heteroatoms. The molecule has 21 heavy (non-hydrogen) atoms. The summed E-state index contributed by atoms with van der Waals surface area (Å²) in [5.74, 6) is 3.12. The fourth-order valence-corrected chi connectivity index (χ4v) is 6.28. The Bertz CT molecular complexity index is 489. The van der Waals surface area contributed by atoms with E-state index >= 15 is 0 Å². The van der Waals surface area contributed by atoms with Gasteiger partial charge in [-0.15, -0.1) is 11.8 Å². The van der Waals surface area contributed by atoms with Crippen LogP contribution in [0, 0.1) is 23.2 Å². The summed E-state index contributed by atoms with van der Waals surface area (Å²) in [5.41, 5.74) is 1.90. The number of anilines is 1. The fourth-order valence-electron chi connectivity index (χ4n) is 5.82. The minimum atomic E-state index is 0.587. The van der Waals surface area contributed by atoms with E-state index in [-0.39, 0.29) is 0 Å². The predicted octanol–water partition coefficient (Wildman–Crippen LogP) is 5.43. The summed E-state index contributed by atoms with van der Waals surface area (Å²) >= 11 is 1.83. The van der Waals surface area contributed by atoms with Crippen molar-refractivity contribution in [3.8, 4) is 0 Å². The Hall–Kier alpha value is -0.630. The van der Waals surface area contributed by atoms with Crippen molar-refractivity contribution in [2.75, 3.05) is 11.6 Å². The lowest BCUT2D eigenvalue weighted by Gasteiger charge is -2.59. The van der Waals surface area contributed by atoms with Crippen molar-refractivity contribution in [3.05, 3.63) is 24.3 Å². The number of thioether (sulfide) groups is 1. The molecule has 114 valence electrons. The van der Waals surface area contributed by atoms with Gasteiger partial charge in [0.05, 0.1) is 0 Å². The van der Waals surface area contributed by atoms with Gasteiger partial charge in [0.2, 0.25) is 0 Å². The second-order valence-electron chi connectivity index (χ2n) is 7.88. The van der Waals surface area contributed by atoms with E-state index in [1.165, 1.54) is 49.1 Å². The Balaban J connectivity index is 1.53. The highest BCUT2D eigenvalue weighted by Gasteiger charge is 2.53. The van der Waals surface area contributed by atoms with E-state index < -0.39 is 0 Å². The van der Waals surface area contributed by atoms with Crippen LogP contribution in [0.2, 0.25) is 0 Å². The average molecular weight is 301 g/mol.